The molecule has 7 heteroatoms. The Morgan fingerprint density at radius 3 is 2.18 bits per heavy atom. The van der Waals surface area contributed by atoms with Crippen LogP contribution in [0.4, 0.5) is 0 Å². The number of nitrogens with one attached hydrogen (secondary N) is 1. The quantitative estimate of drug-likeness (QED) is 0.116. The first-order valence-electron chi connectivity index (χ1n) is 16.5. The zero-order valence-corrected chi connectivity index (χ0v) is 27.9. The lowest BCUT2D eigenvalue weighted by Gasteiger charge is -2.30. The Hall–Kier alpha value is -5.17. The number of carbonyl (C=O) groups excluding carboxylic acids is 1. The molecule has 0 unspecified atom stereocenters. The van der Waals surface area contributed by atoms with Crippen LogP contribution in [0.25, 0.3) is 17.2 Å². The normalized spacial score (nSPS) is 17.0. The van der Waals surface area contributed by atoms with Crippen LogP contribution in [0.15, 0.2) is 145 Å². The van der Waals surface area contributed by atoms with Gasteiger partial charge >= 0.3 is 0 Å². The molecule has 0 spiro atoms. The Labute approximate surface area is 292 Å². The predicted molar refractivity (Wildman–Crippen MR) is 197 cm³/mol. The molecule has 0 saturated carbocycles. The minimum atomic E-state index is -1.29. The van der Waals surface area contributed by atoms with Gasteiger partial charge in [-0.15, -0.1) is 0 Å². The van der Waals surface area contributed by atoms with Gasteiger partial charge in [0, 0.05) is 36.6 Å². The van der Waals surface area contributed by atoms with Gasteiger partial charge in [0.2, 0.25) is 5.90 Å². The standard InChI is InChI=1S/C42H39ClN2O4/c43-37-22-14-32(15-23-37)26-28-44-41(47)42(27-7-11-31-9-3-1-4-10-31)39(35-18-16-34(17-19-35)33-12-5-2-6-13-33)49-40(45-42)36-20-24-38(25-21-36)48-30-8-29-46/h1-7,9-25,39,46H,8,26-30H2,(H,44,47)/b11-7+/t39-,42-/m1/s1. The maximum atomic E-state index is 14.5. The summed E-state index contributed by atoms with van der Waals surface area (Å²) in [4.78, 5) is 19.7. The monoisotopic (exact) mass is 670 g/mol. The Kier molecular flexibility index (Phi) is 11.2. The van der Waals surface area contributed by atoms with Crippen molar-refractivity contribution in [2.45, 2.75) is 30.9 Å². The number of rotatable bonds is 14. The first kappa shape index (κ1) is 33.7. The third-order valence-corrected chi connectivity index (χ3v) is 8.75. The molecule has 0 saturated heterocycles. The molecule has 5 aromatic carbocycles. The second-order valence-corrected chi connectivity index (χ2v) is 12.4. The summed E-state index contributed by atoms with van der Waals surface area (Å²) >= 11 is 6.09. The van der Waals surface area contributed by atoms with Gasteiger partial charge in [-0.25, -0.2) is 4.99 Å². The average molecular weight is 671 g/mol. The van der Waals surface area contributed by atoms with E-state index in [2.05, 4.69) is 29.6 Å². The van der Waals surface area contributed by atoms with Crippen molar-refractivity contribution in [1.82, 2.24) is 5.32 Å². The zero-order valence-electron chi connectivity index (χ0n) is 27.2. The van der Waals surface area contributed by atoms with E-state index in [4.69, 9.17) is 31.2 Å². The Balaban J connectivity index is 1.35. The molecule has 0 bridgehead atoms. The number of hydrogen-bond donors (Lipinski definition) is 2. The van der Waals surface area contributed by atoms with Crippen LogP contribution in [0.5, 0.6) is 5.75 Å². The molecular weight excluding hydrogens is 632 g/mol. The highest BCUT2D eigenvalue weighted by atomic mass is 35.5. The zero-order chi connectivity index (χ0) is 33.9. The number of amides is 1. The molecule has 0 radical (unpaired) electrons. The van der Waals surface area contributed by atoms with Gasteiger partial charge in [-0.2, -0.15) is 0 Å². The largest absolute Gasteiger partial charge is 0.494 e. The number of aliphatic hydroxyl groups excluding tert-OH is 1. The van der Waals surface area contributed by atoms with Crippen molar-refractivity contribution in [1.29, 1.82) is 0 Å². The summed E-state index contributed by atoms with van der Waals surface area (Å²) < 4.78 is 12.4. The van der Waals surface area contributed by atoms with Gasteiger partial charge in [0.1, 0.15) is 5.75 Å². The van der Waals surface area contributed by atoms with E-state index in [0.717, 1.165) is 33.4 Å². The predicted octanol–water partition coefficient (Wildman–Crippen LogP) is 8.49. The molecule has 0 aliphatic carbocycles. The molecule has 1 aliphatic heterocycles. The molecule has 49 heavy (non-hydrogen) atoms. The van der Waals surface area contributed by atoms with Crippen LogP contribution in [0.3, 0.4) is 0 Å². The smallest absolute Gasteiger partial charge is 0.252 e. The topological polar surface area (TPSA) is 80.2 Å². The van der Waals surface area contributed by atoms with Crippen molar-refractivity contribution in [3.63, 3.8) is 0 Å². The first-order chi connectivity index (χ1) is 24.0. The maximum Gasteiger partial charge on any atom is 0.252 e. The molecule has 248 valence electrons. The highest BCUT2D eigenvalue weighted by Crippen LogP contribution is 2.43. The Morgan fingerprint density at radius 1 is 0.837 bits per heavy atom. The molecule has 6 rings (SSSR count). The van der Waals surface area contributed by atoms with Crippen molar-refractivity contribution >= 4 is 29.5 Å². The van der Waals surface area contributed by atoms with Gasteiger partial charge < -0.3 is 19.9 Å². The van der Waals surface area contributed by atoms with Crippen molar-refractivity contribution in [2.75, 3.05) is 19.8 Å². The van der Waals surface area contributed by atoms with Crippen LogP contribution < -0.4 is 10.1 Å². The van der Waals surface area contributed by atoms with E-state index in [-0.39, 0.29) is 12.5 Å². The fourth-order valence-electron chi connectivity index (χ4n) is 5.86. The van der Waals surface area contributed by atoms with E-state index in [1.807, 2.05) is 121 Å². The van der Waals surface area contributed by atoms with Crippen LogP contribution in [0, 0.1) is 0 Å². The van der Waals surface area contributed by atoms with Crippen molar-refractivity contribution in [3.05, 3.63) is 167 Å². The van der Waals surface area contributed by atoms with Gasteiger partial charge in [0.15, 0.2) is 11.6 Å². The summed E-state index contributed by atoms with van der Waals surface area (Å²) in [5.74, 6) is 0.858. The maximum absolute atomic E-state index is 14.5. The number of hydrogen-bond acceptors (Lipinski definition) is 5. The van der Waals surface area contributed by atoms with E-state index < -0.39 is 11.6 Å². The summed E-state index contributed by atoms with van der Waals surface area (Å²) in [6.07, 6.45) is 4.84. The summed E-state index contributed by atoms with van der Waals surface area (Å²) in [5.41, 5.74) is 4.59. The lowest BCUT2D eigenvalue weighted by atomic mass is 9.83. The summed E-state index contributed by atoms with van der Waals surface area (Å²) in [7, 11) is 0. The molecule has 0 aromatic heterocycles. The molecule has 6 nitrogen and oxygen atoms in total. The highest BCUT2D eigenvalue weighted by Gasteiger charge is 2.52. The minimum Gasteiger partial charge on any atom is -0.494 e. The van der Waals surface area contributed by atoms with Gasteiger partial charge in [0.25, 0.3) is 5.91 Å². The van der Waals surface area contributed by atoms with E-state index >= 15 is 0 Å². The van der Waals surface area contributed by atoms with E-state index in [1.54, 1.807) is 0 Å². The number of aliphatic hydroxyl groups is 1. The number of carbonyl (C=O) groups is 1. The molecule has 2 N–H and O–H groups in total. The van der Waals surface area contributed by atoms with Crippen molar-refractivity contribution in [3.8, 4) is 16.9 Å². The minimum absolute atomic E-state index is 0.0685. The molecule has 0 fully saturated rings. The molecule has 5 aromatic rings. The summed E-state index contributed by atoms with van der Waals surface area (Å²) in [6.45, 7) is 0.912. The number of halogens is 1. The molecular formula is C42H39ClN2O4. The molecule has 1 amide bonds. The fraction of sp³-hybridized carbons (Fsp3) is 0.190. The molecule has 1 aliphatic rings. The third kappa shape index (κ3) is 8.47. The third-order valence-electron chi connectivity index (χ3n) is 8.50. The number of benzene rings is 5. The lowest BCUT2D eigenvalue weighted by molar-refractivity contribution is -0.128. The van der Waals surface area contributed by atoms with Gasteiger partial charge in [-0.05, 0) is 70.6 Å². The second-order valence-electron chi connectivity index (χ2n) is 11.9. The summed E-state index contributed by atoms with van der Waals surface area (Å²) in [6, 6.07) is 43.5. The van der Waals surface area contributed by atoms with E-state index in [9.17, 15) is 4.79 Å². The highest BCUT2D eigenvalue weighted by molar-refractivity contribution is 6.30. The van der Waals surface area contributed by atoms with Gasteiger partial charge in [-0.3, -0.25) is 4.79 Å². The van der Waals surface area contributed by atoms with Crippen LogP contribution in [0.1, 0.15) is 41.2 Å². The van der Waals surface area contributed by atoms with Crippen molar-refractivity contribution < 1.29 is 19.4 Å². The first-order valence-corrected chi connectivity index (χ1v) is 16.9. The molecule has 2 atom stereocenters. The fourth-order valence-corrected chi connectivity index (χ4v) is 5.99. The number of ether oxygens (including phenoxy) is 2. The Bertz CT molecular complexity index is 1860. The molecule has 1 heterocycles. The number of nitrogens with zero attached hydrogens (tertiary/aromatic N) is 1. The van der Waals surface area contributed by atoms with Crippen LogP contribution in [0.2, 0.25) is 5.02 Å². The van der Waals surface area contributed by atoms with E-state index in [1.165, 1.54) is 0 Å². The van der Waals surface area contributed by atoms with Crippen LogP contribution in [-0.2, 0) is 16.0 Å². The summed E-state index contributed by atoms with van der Waals surface area (Å²) in [5, 5.41) is 13.0. The van der Waals surface area contributed by atoms with Gasteiger partial charge in [-0.1, -0.05) is 121 Å². The number of aliphatic imine (C=N–C) groups is 1. The van der Waals surface area contributed by atoms with Crippen molar-refractivity contribution in [2.24, 2.45) is 4.99 Å². The average Bonchev–Trinajstić information content (AvgIpc) is 3.54. The second kappa shape index (κ2) is 16.3. The Morgan fingerprint density at radius 2 is 1.49 bits per heavy atom. The van der Waals surface area contributed by atoms with Crippen LogP contribution >= 0.6 is 11.6 Å². The SMILES string of the molecule is O=C(NCCc1ccc(Cl)cc1)[C@]1(C/C=C/c2ccccc2)N=C(c2ccc(OCCCO)cc2)O[C@@H]1c1ccc(-c2ccccc2)cc1. The van der Waals surface area contributed by atoms with E-state index in [0.29, 0.717) is 49.1 Å². The van der Waals surface area contributed by atoms with Gasteiger partial charge in [0.05, 0.1) is 6.61 Å². The lowest BCUT2D eigenvalue weighted by Crippen LogP contribution is -2.48. The van der Waals surface area contributed by atoms with Crippen LogP contribution in [-0.4, -0.2) is 42.2 Å².